The molecule has 8 atom stereocenters. The number of aliphatic hydroxyl groups excluding tert-OH is 1. The van der Waals surface area contributed by atoms with Crippen LogP contribution < -0.4 is 0 Å². The lowest BCUT2D eigenvalue weighted by Crippen LogP contribution is -2.51. The van der Waals surface area contributed by atoms with E-state index in [1.165, 1.54) is 64.2 Å². The number of rotatable bonds is 8. The Morgan fingerprint density at radius 2 is 1.84 bits per heavy atom. The van der Waals surface area contributed by atoms with Crippen molar-refractivity contribution in [3.63, 3.8) is 0 Å². The maximum atomic E-state index is 9.14. The number of hydrogen-bond acceptors (Lipinski definition) is 2. The minimum atomic E-state index is 0.148. The Hall–Kier alpha value is -0.340. The van der Waals surface area contributed by atoms with Gasteiger partial charge in [0.2, 0.25) is 0 Å². The van der Waals surface area contributed by atoms with E-state index in [9.17, 15) is 0 Å². The average molecular weight is 431 g/mol. The van der Waals surface area contributed by atoms with E-state index in [1.54, 1.807) is 5.57 Å². The van der Waals surface area contributed by atoms with Crippen LogP contribution in [-0.4, -0.2) is 24.4 Å². The van der Waals surface area contributed by atoms with Crippen LogP contribution in [0.5, 0.6) is 0 Å². The van der Waals surface area contributed by atoms with Crippen LogP contribution in [-0.2, 0) is 4.74 Å². The number of hydrogen-bond donors (Lipinski definition) is 1. The Kier molecular flexibility index (Phi) is 7.29. The smallest absolute Gasteiger partial charge is 0.0701 e. The van der Waals surface area contributed by atoms with E-state index < -0.39 is 0 Å². The van der Waals surface area contributed by atoms with Crippen LogP contribution in [0, 0.1) is 46.3 Å². The second-order valence-electron chi connectivity index (χ2n) is 12.7. The molecule has 0 aromatic carbocycles. The van der Waals surface area contributed by atoms with Gasteiger partial charge in [0, 0.05) is 0 Å². The SMILES string of the molecule is CC(C)CCC[C@H](C)[C@@H]1CC[C@@H]2[C@H]3CC=C4C[C@@H](OCCO)CC[C@]4(C)[C@@H]3CC[C@@]21C. The molecule has 0 radical (unpaired) electrons. The predicted octanol–water partition coefficient (Wildman–Crippen LogP) is 7.41. The molecule has 4 aliphatic rings. The van der Waals surface area contributed by atoms with Gasteiger partial charge in [-0.3, -0.25) is 0 Å². The van der Waals surface area contributed by atoms with Crippen molar-refractivity contribution in [1.82, 2.24) is 0 Å². The zero-order chi connectivity index (χ0) is 22.2. The molecule has 0 unspecified atom stereocenters. The van der Waals surface area contributed by atoms with Crippen molar-refractivity contribution in [2.45, 2.75) is 111 Å². The molecule has 4 rings (SSSR count). The van der Waals surface area contributed by atoms with Crippen LogP contribution in [0.4, 0.5) is 0 Å². The van der Waals surface area contributed by atoms with E-state index in [0.717, 1.165) is 41.9 Å². The van der Waals surface area contributed by atoms with E-state index in [1.807, 2.05) is 0 Å². The van der Waals surface area contributed by atoms with Gasteiger partial charge < -0.3 is 9.84 Å². The summed E-state index contributed by atoms with van der Waals surface area (Å²) in [7, 11) is 0. The molecule has 0 aromatic heterocycles. The van der Waals surface area contributed by atoms with E-state index in [4.69, 9.17) is 9.84 Å². The Bertz CT molecular complexity index is 639. The minimum absolute atomic E-state index is 0.148. The Labute approximate surface area is 192 Å². The molecular weight excluding hydrogens is 380 g/mol. The lowest BCUT2D eigenvalue weighted by Gasteiger charge is -2.58. The second-order valence-corrected chi connectivity index (χ2v) is 12.7. The molecule has 1 N–H and O–H groups in total. The molecule has 2 heteroatoms. The van der Waals surface area contributed by atoms with Gasteiger partial charge in [0.1, 0.15) is 0 Å². The van der Waals surface area contributed by atoms with Gasteiger partial charge in [-0.2, -0.15) is 0 Å². The summed E-state index contributed by atoms with van der Waals surface area (Å²) in [5, 5.41) is 9.14. The lowest BCUT2D eigenvalue weighted by atomic mass is 9.47. The summed E-state index contributed by atoms with van der Waals surface area (Å²) in [5.74, 6) is 5.44. The van der Waals surface area contributed by atoms with Gasteiger partial charge in [-0.05, 0) is 97.7 Å². The molecule has 2 nitrogen and oxygen atoms in total. The van der Waals surface area contributed by atoms with Crippen molar-refractivity contribution in [2.75, 3.05) is 13.2 Å². The molecular formula is C29H50O2. The van der Waals surface area contributed by atoms with Gasteiger partial charge in [0.05, 0.1) is 19.3 Å². The highest BCUT2D eigenvalue weighted by atomic mass is 16.5. The fourth-order valence-electron chi connectivity index (χ4n) is 9.01. The topological polar surface area (TPSA) is 29.5 Å². The molecule has 0 saturated heterocycles. The van der Waals surface area contributed by atoms with Gasteiger partial charge in [-0.15, -0.1) is 0 Å². The molecule has 178 valence electrons. The van der Waals surface area contributed by atoms with Crippen molar-refractivity contribution < 1.29 is 9.84 Å². The fourth-order valence-corrected chi connectivity index (χ4v) is 9.01. The lowest BCUT2D eigenvalue weighted by molar-refractivity contribution is -0.0658. The van der Waals surface area contributed by atoms with Gasteiger partial charge in [0.25, 0.3) is 0 Å². The first-order valence-electron chi connectivity index (χ1n) is 13.7. The molecule has 3 saturated carbocycles. The van der Waals surface area contributed by atoms with Crippen molar-refractivity contribution in [3.8, 4) is 0 Å². The number of aliphatic hydroxyl groups is 1. The van der Waals surface area contributed by atoms with Crippen LogP contribution in [0.2, 0.25) is 0 Å². The minimum Gasteiger partial charge on any atom is -0.394 e. The first-order chi connectivity index (χ1) is 14.8. The zero-order valence-corrected chi connectivity index (χ0v) is 21.2. The third-order valence-corrected chi connectivity index (χ3v) is 10.7. The van der Waals surface area contributed by atoms with Crippen LogP contribution in [0.3, 0.4) is 0 Å². The number of ether oxygens (including phenoxy) is 1. The van der Waals surface area contributed by atoms with Gasteiger partial charge >= 0.3 is 0 Å². The maximum absolute atomic E-state index is 9.14. The largest absolute Gasteiger partial charge is 0.394 e. The normalized spacial score (nSPS) is 43.2. The summed E-state index contributed by atoms with van der Waals surface area (Å²) in [5.41, 5.74) is 2.69. The molecule has 3 fully saturated rings. The van der Waals surface area contributed by atoms with Crippen molar-refractivity contribution in [3.05, 3.63) is 11.6 Å². The maximum Gasteiger partial charge on any atom is 0.0701 e. The van der Waals surface area contributed by atoms with Gasteiger partial charge in [-0.25, -0.2) is 0 Å². The highest BCUT2D eigenvalue weighted by Gasteiger charge is 2.59. The van der Waals surface area contributed by atoms with Crippen LogP contribution in [0.25, 0.3) is 0 Å². The highest BCUT2D eigenvalue weighted by Crippen LogP contribution is 2.67. The van der Waals surface area contributed by atoms with E-state index in [0.29, 0.717) is 23.5 Å². The Balaban J connectivity index is 1.45. The molecule has 0 heterocycles. The molecule has 0 spiro atoms. The predicted molar refractivity (Wildman–Crippen MR) is 130 cm³/mol. The Morgan fingerprint density at radius 1 is 1.03 bits per heavy atom. The van der Waals surface area contributed by atoms with Gasteiger partial charge in [-0.1, -0.05) is 65.5 Å². The summed E-state index contributed by atoms with van der Waals surface area (Å²) in [4.78, 5) is 0. The average Bonchev–Trinajstić information content (AvgIpc) is 3.09. The van der Waals surface area contributed by atoms with Crippen LogP contribution in [0.15, 0.2) is 11.6 Å². The van der Waals surface area contributed by atoms with E-state index in [2.05, 4.69) is 40.7 Å². The fraction of sp³-hybridized carbons (Fsp3) is 0.931. The summed E-state index contributed by atoms with van der Waals surface area (Å²) in [6, 6.07) is 0. The number of fused-ring (bicyclic) bond motifs is 5. The molecule has 0 aromatic rings. The zero-order valence-electron chi connectivity index (χ0n) is 21.2. The van der Waals surface area contributed by atoms with Crippen LogP contribution in [0.1, 0.15) is 105 Å². The van der Waals surface area contributed by atoms with E-state index in [-0.39, 0.29) is 6.61 Å². The third-order valence-electron chi connectivity index (χ3n) is 10.7. The van der Waals surface area contributed by atoms with Crippen molar-refractivity contribution in [2.24, 2.45) is 46.3 Å². The molecule has 4 aliphatic carbocycles. The first-order valence-corrected chi connectivity index (χ1v) is 13.7. The summed E-state index contributed by atoms with van der Waals surface area (Å²) >= 11 is 0. The van der Waals surface area contributed by atoms with Crippen LogP contribution >= 0.6 is 0 Å². The summed E-state index contributed by atoms with van der Waals surface area (Å²) in [6.07, 6.45) is 18.0. The summed E-state index contributed by atoms with van der Waals surface area (Å²) < 4.78 is 5.94. The monoisotopic (exact) mass is 430 g/mol. The van der Waals surface area contributed by atoms with Crippen molar-refractivity contribution >= 4 is 0 Å². The molecule has 0 aliphatic heterocycles. The van der Waals surface area contributed by atoms with Gasteiger partial charge in [0.15, 0.2) is 0 Å². The quantitative estimate of drug-likeness (QED) is 0.406. The van der Waals surface area contributed by atoms with E-state index >= 15 is 0 Å². The Morgan fingerprint density at radius 3 is 2.58 bits per heavy atom. The third kappa shape index (κ3) is 4.42. The highest BCUT2D eigenvalue weighted by molar-refractivity contribution is 5.25. The molecule has 31 heavy (non-hydrogen) atoms. The first kappa shape index (κ1) is 23.8. The molecule has 0 amide bonds. The second kappa shape index (κ2) is 9.49. The number of allylic oxidation sites excluding steroid dienone is 1. The molecule has 0 bridgehead atoms. The standard InChI is InChI=1S/C29H50O2/c1-20(2)7-6-8-21(3)25-11-12-26-24-10-9-22-19-23(31-18-17-30)13-15-28(22,4)27(24)14-16-29(25,26)5/h9,20-21,23-27,30H,6-8,10-19H2,1-5H3/t21-,23-,24+,25-,26+,27+,28-,29+/m0/s1. The van der Waals surface area contributed by atoms with Crippen molar-refractivity contribution in [1.29, 1.82) is 0 Å². The summed E-state index contributed by atoms with van der Waals surface area (Å²) in [6.45, 7) is 13.3.